The number of carbonyl (C=O) groups is 1. The molecule has 1 atom stereocenters. The van der Waals surface area contributed by atoms with E-state index in [1.54, 1.807) is 36.9 Å². The van der Waals surface area contributed by atoms with Crippen molar-refractivity contribution in [3.8, 4) is 0 Å². The average Bonchev–Trinajstić information content (AvgIpc) is 2.49. The summed E-state index contributed by atoms with van der Waals surface area (Å²) in [5.74, 6) is 0.946. The first-order chi connectivity index (χ1) is 9.86. The van der Waals surface area contributed by atoms with E-state index in [2.05, 4.69) is 15.9 Å². The van der Waals surface area contributed by atoms with Gasteiger partial charge >= 0.3 is 0 Å². The number of sulfone groups is 1. The van der Waals surface area contributed by atoms with Crippen molar-refractivity contribution in [3.05, 3.63) is 28.2 Å². The lowest BCUT2D eigenvalue weighted by molar-refractivity contribution is 0.0749. The molecule has 1 aliphatic heterocycles. The number of nitrogens with two attached hydrogens (primary N) is 1. The van der Waals surface area contributed by atoms with E-state index in [4.69, 9.17) is 5.73 Å². The molecule has 1 unspecified atom stereocenters. The SMILES string of the molecule is CCS(=O)(=O)C1CSCCN1C(=O)c1ccc(N)c(Br)c1. The van der Waals surface area contributed by atoms with Gasteiger partial charge < -0.3 is 10.6 Å². The van der Waals surface area contributed by atoms with E-state index < -0.39 is 15.2 Å². The Morgan fingerprint density at radius 3 is 2.86 bits per heavy atom. The summed E-state index contributed by atoms with van der Waals surface area (Å²) in [6.45, 7) is 2.05. The summed E-state index contributed by atoms with van der Waals surface area (Å²) in [6.07, 6.45) is 0. The zero-order valence-corrected chi connectivity index (χ0v) is 14.8. The molecule has 1 saturated heterocycles. The molecule has 1 aromatic carbocycles. The molecule has 0 bridgehead atoms. The number of hydrogen-bond donors (Lipinski definition) is 1. The number of nitrogens with zero attached hydrogens (tertiary/aromatic N) is 1. The summed E-state index contributed by atoms with van der Waals surface area (Å²) in [6, 6.07) is 4.90. The van der Waals surface area contributed by atoms with Crippen molar-refractivity contribution >= 4 is 49.1 Å². The lowest BCUT2D eigenvalue weighted by Gasteiger charge is -2.34. The molecule has 1 aliphatic rings. The third-order valence-electron chi connectivity index (χ3n) is 3.41. The van der Waals surface area contributed by atoms with Gasteiger partial charge in [0.2, 0.25) is 0 Å². The van der Waals surface area contributed by atoms with Gasteiger partial charge in [-0.2, -0.15) is 11.8 Å². The van der Waals surface area contributed by atoms with Crippen LogP contribution in [0.2, 0.25) is 0 Å². The van der Waals surface area contributed by atoms with Gasteiger partial charge in [0.15, 0.2) is 9.84 Å². The van der Waals surface area contributed by atoms with Crippen LogP contribution in [0.15, 0.2) is 22.7 Å². The van der Waals surface area contributed by atoms with Gasteiger partial charge in [-0.25, -0.2) is 8.42 Å². The Bertz CT molecular complexity index is 649. The Hall–Kier alpha value is -0.730. The van der Waals surface area contributed by atoms with Crippen molar-refractivity contribution in [2.24, 2.45) is 0 Å². The Kier molecular flexibility index (Phi) is 5.21. The Morgan fingerprint density at radius 1 is 1.52 bits per heavy atom. The highest BCUT2D eigenvalue weighted by molar-refractivity contribution is 9.10. The molecule has 1 aromatic rings. The van der Waals surface area contributed by atoms with Crippen LogP contribution in [0, 0.1) is 0 Å². The molecule has 2 rings (SSSR count). The highest BCUT2D eigenvalue weighted by Gasteiger charge is 2.36. The van der Waals surface area contributed by atoms with E-state index >= 15 is 0 Å². The van der Waals surface area contributed by atoms with E-state index in [1.807, 2.05) is 0 Å². The summed E-state index contributed by atoms with van der Waals surface area (Å²) in [5.41, 5.74) is 6.70. The van der Waals surface area contributed by atoms with Gasteiger partial charge in [0.25, 0.3) is 5.91 Å². The van der Waals surface area contributed by atoms with Crippen LogP contribution in [0.25, 0.3) is 0 Å². The van der Waals surface area contributed by atoms with E-state index in [-0.39, 0.29) is 11.7 Å². The Morgan fingerprint density at radius 2 is 2.24 bits per heavy atom. The minimum absolute atomic E-state index is 0.0352. The number of hydrogen-bond acceptors (Lipinski definition) is 5. The fourth-order valence-corrected chi connectivity index (χ4v) is 5.47. The van der Waals surface area contributed by atoms with E-state index in [9.17, 15) is 13.2 Å². The van der Waals surface area contributed by atoms with Crippen LogP contribution in [0.5, 0.6) is 0 Å². The first kappa shape index (κ1) is 16.6. The van der Waals surface area contributed by atoms with Gasteiger partial charge in [0.05, 0.1) is 0 Å². The summed E-state index contributed by atoms with van der Waals surface area (Å²) < 4.78 is 25.0. The third-order valence-corrected chi connectivity index (χ3v) is 7.39. The number of rotatable bonds is 3. The topological polar surface area (TPSA) is 80.5 Å². The van der Waals surface area contributed by atoms with Crippen molar-refractivity contribution in [2.75, 3.05) is 29.5 Å². The zero-order chi connectivity index (χ0) is 15.6. The molecular formula is C13H17BrN2O3S2. The minimum Gasteiger partial charge on any atom is -0.398 e. The van der Waals surface area contributed by atoms with Crippen molar-refractivity contribution in [1.82, 2.24) is 4.90 Å². The van der Waals surface area contributed by atoms with Crippen molar-refractivity contribution < 1.29 is 13.2 Å². The largest absolute Gasteiger partial charge is 0.398 e. The van der Waals surface area contributed by atoms with Gasteiger partial charge in [-0.05, 0) is 34.1 Å². The van der Waals surface area contributed by atoms with E-state index in [0.717, 1.165) is 5.75 Å². The predicted octanol–water partition coefficient (Wildman–Crippen LogP) is 1.98. The van der Waals surface area contributed by atoms with Crippen LogP contribution < -0.4 is 5.73 Å². The second-order valence-electron chi connectivity index (χ2n) is 4.72. The van der Waals surface area contributed by atoms with Crippen molar-refractivity contribution in [1.29, 1.82) is 0 Å². The lowest BCUT2D eigenvalue weighted by atomic mass is 10.2. The quantitative estimate of drug-likeness (QED) is 0.795. The first-order valence-electron chi connectivity index (χ1n) is 6.52. The number of anilines is 1. The second-order valence-corrected chi connectivity index (χ2v) is 9.17. The summed E-state index contributed by atoms with van der Waals surface area (Å²) in [4.78, 5) is 14.1. The molecule has 2 N–H and O–H groups in total. The molecular weight excluding hydrogens is 376 g/mol. The maximum Gasteiger partial charge on any atom is 0.255 e. The van der Waals surface area contributed by atoms with Gasteiger partial charge in [0, 0.05) is 39.5 Å². The number of carbonyl (C=O) groups excluding carboxylic acids is 1. The first-order valence-corrected chi connectivity index (χ1v) is 10.2. The molecule has 1 fully saturated rings. The van der Waals surface area contributed by atoms with Crippen LogP contribution >= 0.6 is 27.7 Å². The van der Waals surface area contributed by atoms with Crippen LogP contribution in [0.1, 0.15) is 17.3 Å². The second kappa shape index (κ2) is 6.58. The highest BCUT2D eigenvalue weighted by atomic mass is 79.9. The molecule has 0 saturated carbocycles. The number of thioether (sulfide) groups is 1. The molecule has 0 spiro atoms. The molecule has 8 heteroatoms. The van der Waals surface area contributed by atoms with Crippen molar-refractivity contribution in [2.45, 2.75) is 12.3 Å². The van der Waals surface area contributed by atoms with Crippen LogP contribution in [0.3, 0.4) is 0 Å². The number of halogens is 1. The Balaban J connectivity index is 2.33. The van der Waals surface area contributed by atoms with E-state index in [0.29, 0.717) is 28.0 Å². The molecule has 0 radical (unpaired) electrons. The number of benzene rings is 1. The minimum atomic E-state index is -3.29. The van der Waals surface area contributed by atoms with Crippen LogP contribution in [0.4, 0.5) is 5.69 Å². The summed E-state index contributed by atoms with van der Waals surface area (Å²) in [7, 11) is -3.29. The molecule has 1 heterocycles. The molecule has 0 aliphatic carbocycles. The molecule has 21 heavy (non-hydrogen) atoms. The standard InChI is InChI=1S/C13H17BrN2O3S2/c1-2-21(18,19)12-8-20-6-5-16(12)13(17)9-3-4-11(15)10(14)7-9/h3-4,7,12H,2,5-6,8,15H2,1H3. The van der Waals surface area contributed by atoms with E-state index in [1.165, 1.54) is 4.90 Å². The molecule has 5 nitrogen and oxygen atoms in total. The summed E-state index contributed by atoms with van der Waals surface area (Å²) in [5, 5.41) is -0.745. The van der Waals surface area contributed by atoms with Gasteiger partial charge in [-0.15, -0.1) is 0 Å². The average molecular weight is 393 g/mol. The summed E-state index contributed by atoms with van der Waals surface area (Å²) >= 11 is 4.85. The lowest BCUT2D eigenvalue weighted by Crippen LogP contribution is -2.50. The third kappa shape index (κ3) is 3.54. The Labute approximate surface area is 137 Å². The van der Waals surface area contributed by atoms with Crippen molar-refractivity contribution in [3.63, 3.8) is 0 Å². The highest BCUT2D eigenvalue weighted by Crippen LogP contribution is 2.26. The normalized spacial score (nSPS) is 19.5. The van der Waals surface area contributed by atoms with Gasteiger partial charge in [0.1, 0.15) is 5.37 Å². The predicted molar refractivity (Wildman–Crippen MR) is 90.2 cm³/mol. The smallest absolute Gasteiger partial charge is 0.255 e. The molecule has 0 aromatic heterocycles. The maximum absolute atomic E-state index is 12.6. The zero-order valence-electron chi connectivity index (χ0n) is 11.6. The fraction of sp³-hybridized carbons (Fsp3) is 0.462. The van der Waals surface area contributed by atoms with Crippen LogP contribution in [-0.2, 0) is 9.84 Å². The molecule has 1 amide bonds. The molecule has 116 valence electrons. The number of nitrogen functional groups attached to an aromatic ring is 1. The fourth-order valence-electron chi connectivity index (χ4n) is 2.13. The van der Waals surface area contributed by atoms with Gasteiger partial charge in [-0.3, -0.25) is 4.79 Å². The van der Waals surface area contributed by atoms with Gasteiger partial charge in [-0.1, -0.05) is 6.92 Å². The maximum atomic E-state index is 12.6. The number of amides is 1. The monoisotopic (exact) mass is 392 g/mol. The van der Waals surface area contributed by atoms with Crippen LogP contribution in [-0.4, -0.2) is 48.4 Å².